The van der Waals surface area contributed by atoms with Crippen LogP contribution in [0.3, 0.4) is 0 Å². The third-order valence-electron chi connectivity index (χ3n) is 5.38. The summed E-state index contributed by atoms with van der Waals surface area (Å²) in [5.41, 5.74) is 5.27. The molecule has 4 heterocycles. The van der Waals surface area contributed by atoms with E-state index in [-0.39, 0.29) is 0 Å². The average molecular weight is 450 g/mol. The molecule has 1 N–H and O–H groups in total. The molecule has 0 aliphatic carbocycles. The highest BCUT2D eigenvalue weighted by Gasteiger charge is 2.15. The second kappa shape index (κ2) is 8.57. The van der Waals surface area contributed by atoms with Crippen molar-refractivity contribution in [1.82, 2.24) is 19.9 Å². The number of benzene rings is 1. The van der Waals surface area contributed by atoms with Crippen LogP contribution in [0.1, 0.15) is 10.4 Å². The molecule has 1 saturated heterocycles. The minimum absolute atomic E-state index is 0.296. The van der Waals surface area contributed by atoms with E-state index in [1.165, 1.54) is 19.4 Å². The van der Waals surface area contributed by atoms with Crippen molar-refractivity contribution in [2.24, 2.45) is 0 Å². The van der Waals surface area contributed by atoms with Gasteiger partial charge in [-0.25, -0.2) is 9.78 Å². The van der Waals surface area contributed by atoms with E-state index >= 15 is 0 Å². The molecule has 1 aliphatic heterocycles. The number of morpholine rings is 1. The summed E-state index contributed by atoms with van der Waals surface area (Å²) in [4.78, 5) is 30.8. The molecule has 9 heteroatoms. The fraction of sp³-hybridized carbons (Fsp3) is 0.217. The predicted octanol–water partition coefficient (Wildman–Crippen LogP) is 3.96. The fourth-order valence-electron chi connectivity index (χ4n) is 3.69. The first-order valence-electron chi connectivity index (χ1n) is 10.2. The zero-order valence-corrected chi connectivity index (χ0v) is 18.1. The normalized spacial score (nSPS) is 14.0. The van der Waals surface area contributed by atoms with Gasteiger partial charge in [0.2, 0.25) is 0 Å². The predicted molar refractivity (Wildman–Crippen MR) is 122 cm³/mol. The van der Waals surface area contributed by atoms with Gasteiger partial charge in [-0.3, -0.25) is 9.97 Å². The summed E-state index contributed by atoms with van der Waals surface area (Å²) in [5.74, 6) is 0.201. The molecule has 0 bridgehead atoms. The molecule has 0 saturated carbocycles. The standard InChI is InChI=1S/C23H20ClN5O3/c1-31-23(30)15-10-17(24)21(26-13-15)14-2-4-19(25-12-14)22-27-18-5-3-16(11-20(18)28-22)29-6-8-32-9-7-29/h2-5,10-13H,6-9H2,1H3,(H,27,28). The zero-order valence-electron chi connectivity index (χ0n) is 17.3. The van der Waals surface area contributed by atoms with Crippen LogP contribution in [0, 0.1) is 0 Å². The Morgan fingerprint density at radius 1 is 1.12 bits per heavy atom. The third-order valence-corrected chi connectivity index (χ3v) is 5.67. The molecular weight excluding hydrogens is 430 g/mol. The molecule has 3 aromatic heterocycles. The van der Waals surface area contributed by atoms with Gasteiger partial charge >= 0.3 is 5.97 Å². The number of nitrogens with zero attached hydrogens (tertiary/aromatic N) is 4. The molecule has 1 aromatic carbocycles. The van der Waals surface area contributed by atoms with Gasteiger partial charge in [-0.15, -0.1) is 0 Å². The summed E-state index contributed by atoms with van der Waals surface area (Å²) in [6, 6.07) is 11.5. The van der Waals surface area contributed by atoms with E-state index in [0.29, 0.717) is 27.8 Å². The molecule has 1 aliphatic rings. The van der Waals surface area contributed by atoms with E-state index in [4.69, 9.17) is 21.1 Å². The van der Waals surface area contributed by atoms with Crippen LogP contribution in [-0.2, 0) is 9.47 Å². The Kier molecular flexibility index (Phi) is 5.46. The van der Waals surface area contributed by atoms with Gasteiger partial charge < -0.3 is 19.4 Å². The highest BCUT2D eigenvalue weighted by atomic mass is 35.5. The highest BCUT2D eigenvalue weighted by Crippen LogP contribution is 2.28. The lowest BCUT2D eigenvalue weighted by molar-refractivity contribution is 0.0600. The van der Waals surface area contributed by atoms with Crippen LogP contribution in [0.25, 0.3) is 33.8 Å². The van der Waals surface area contributed by atoms with Gasteiger partial charge in [0, 0.05) is 36.7 Å². The number of fused-ring (bicyclic) bond motifs is 1. The maximum absolute atomic E-state index is 11.6. The number of carbonyl (C=O) groups is 1. The van der Waals surface area contributed by atoms with Crippen molar-refractivity contribution in [1.29, 1.82) is 0 Å². The van der Waals surface area contributed by atoms with E-state index in [1.54, 1.807) is 6.20 Å². The Morgan fingerprint density at radius 2 is 1.97 bits per heavy atom. The van der Waals surface area contributed by atoms with Gasteiger partial charge in [-0.2, -0.15) is 0 Å². The van der Waals surface area contributed by atoms with Crippen molar-refractivity contribution in [3.05, 3.63) is 59.4 Å². The van der Waals surface area contributed by atoms with Crippen LogP contribution in [0.15, 0.2) is 48.8 Å². The number of hydrogen-bond acceptors (Lipinski definition) is 7. The van der Waals surface area contributed by atoms with Crippen molar-refractivity contribution in [2.45, 2.75) is 0 Å². The number of nitrogens with one attached hydrogen (secondary N) is 1. The van der Waals surface area contributed by atoms with E-state index in [2.05, 4.69) is 37.0 Å². The number of anilines is 1. The number of halogens is 1. The molecule has 0 atom stereocenters. The topological polar surface area (TPSA) is 93.2 Å². The molecule has 4 aromatic rings. The summed E-state index contributed by atoms with van der Waals surface area (Å²) in [7, 11) is 1.31. The van der Waals surface area contributed by atoms with Gasteiger partial charge in [-0.05, 0) is 36.4 Å². The number of hydrogen-bond donors (Lipinski definition) is 1. The molecule has 8 nitrogen and oxygen atoms in total. The van der Waals surface area contributed by atoms with Gasteiger partial charge in [-0.1, -0.05) is 11.6 Å². The number of pyridine rings is 2. The molecule has 0 spiro atoms. The monoisotopic (exact) mass is 449 g/mol. The smallest absolute Gasteiger partial charge is 0.339 e. The quantitative estimate of drug-likeness (QED) is 0.471. The lowest BCUT2D eigenvalue weighted by Crippen LogP contribution is -2.36. The Hall–Kier alpha value is -3.49. The minimum Gasteiger partial charge on any atom is -0.465 e. The number of H-pyrrole nitrogens is 1. The maximum atomic E-state index is 11.6. The van der Waals surface area contributed by atoms with Crippen LogP contribution in [0.2, 0.25) is 5.02 Å². The highest BCUT2D eigenvalue weighted by molar-refractivity contribution is 6.33. The first-order chi connectivity index (χ1) is 15.6. The molecule has 0 amide bonds. The molecule has 162 valence electrons. The van der Waals surface area contributed by atoms with Crippen LogP contribution < -0.4 is 4.90 Å². The van der Waals surface area contributed by atoms with E-state index in [9.17, 15) is 4.79 Å². The number of ether oxygens (including phenoxy) is 2. The van der Waals surface area contributed by atoms with E-state index < -0.39 is 5.97 Å². The first kappa shape index (κ1) is 20.4. The largest absolute Gasteiger partial charge is 0.465 e. The number of esters is 1. The number of rotatable bonds is 4. The van der Waals surface area contributed by atoms with Gasteiger partial charge in [0.15, 0.2) is 5.82 Å². The summed E-state index contributed by atoms with van der Waals surface area (Å²) < 4.78 is 10.1. The fourth-order valence-corrected chi connectivity index (χ4v) is 3.97. The number of carbonyl (C=O) groups excluding carboxylic acids is 1. The second-order valence-electron chi connectivity index (χ2n) is 7.36. The van der Waals surface area contributed by atoms with Crippen molar-refractivity contribution in [3.63, 3.8) is 0 Å². The molecule has 32 heavy (non-hydrogen) atoms. The van der Waals surface area contributed by atoms with Crippen molar-refractivity contribution < 1.29 is 14.3 Å². The summed E-state index contributed by atoms with van der Waals surface area (Å²) in [5, 5.41) is 0.349. The van der Waals surface area contributed by atoms with Crippen molar-refractivity contribution in [3.8, 4) is 22.8 Å². The summed E-state index contributed by atoms with van der Waals surface area (Å²) in [6.45, 7) is 3.25. The van der Waals surface area contributed by atoms with Gasteiger partial charge in [0.05, 0.1) is 47.6 Å². The van der Waals surface area contributed by atoms with E-state index in [1.807, 2.05) is 18.2 Å². The van der Waals surface area contributed by atoms with Gasteiger partial charge in [0.25, 0.3) is 0 Å². The number of imidazole rings is 1. The maximum Gasteiger partial charge on any atom is 0.339 e. The molecule has 0 unspecified atom stereocenters. The molecule has 1 fully saturated rings. The number of aromatic amines is 1. The Morgan fingerprint density at radius 3 is 2.69 bits per heavy atom. The van der Waals surface area contributed by atoms with Crippen LogP contribution >= 0.6 is 11.6 Å². The molecule has 0 radical (unpaired) electrons. The van der Waals surface area contributed by atoms with E-state index in [0.717, 1.165) is 48.6 Å². The Balaban J connectivity index is 1.40. The average Bonchev–Trinajstić information content (AvgIpc) is 3.27. The third kappa shape index (κ3) is 3.90. The van der Waals surface area contributed by atoms with Crippen LogP contribution in [0.5, 0.6) is 0 Å². The van der Waals surface area contributed by atoms with Crippen LogP contribution in [0.4, 0.5) is 5.69 Å². The SMILES string of the molecule is COC(=O)c1cnc(-c2ccc(-c3nc4ccc(N5CCOCC5)cc4[nH]3)nc2)c(Cl)c1. The van der Waals surface area contributed by atoms with Gasteiger partial charge in [0.1, 0.15) is 5.69 Å². The minimum atomic E-state index is -0.485. The number of aromatic nitrogens is 4. The summed E-state index contributed by atoms with van der Waals surface area (Å²) >= 11 is 6.33. The lowest BCUT2D eigenvalue weighted by atomic mass is 10.1. The second-order valence-corrected chi connectivity index (χ2v) is 7.77. The Bertz CT molecular complexity index is 1280. The van der Waals surface area contributed by atoms with Crippen molar-refractivity contribution >= 4 is 34.3 Å². The lowest BCUT2D eigenvalue weighted by Gasteiger charge is -2.28. The zero-order chi connectivity index (χ0) is 22.1. The molecule has 5 rings (SSSR count). The number of methoxy groups -OCH3 is 1. The van der Waals surface area contributed by atoms with Crippen LogP contribution in [-0.4, -0.2) is 59.3 Å². The first-order valence-corrected chi connectivity index (χ1v) is 10.5. The van der Waals surface area contributed by atoms with Crippen molar-refractivity contribution in [2.75, 3.05) is 38.3 Å². The molecular formula is C23H20ClN5O3. The Labute approximate surface area is 189 Å². The summed E-state index contributed by atoms with van der Waals surface area (Å²) in [6.07, 6.45) is 3.12.